The Bertz CT molecular complexity index is 1750. The molecule has 1 atom stereocenters. The lowest BCUT2D eigenvalue weighted by molar-refractivity contribution is -0.117. The number of nitrogens with zero attached hydrogens (tertiary/aromatic N) is 3. The number of rotatable bonds is 11. The number of amides is 2. The van der Waals surface area contributed by atoms with Crippen LogP contribution in [-0.4, -0.2) is 44.8 Å². The van der Waals surface area contributed by atoms with Gasteiger partial charge in [0.25, 0.3) is 5.91 Å². The summed E-state index contributed by atoms with van der Waals surface area (Å²) in [5, 5.41) is 20.4. The summed E-state index contributed by atoms with van der Waals surface area (Å²) in [5.74, 6) is -1.73. The molecule has 0 aliphatic heterocycles. The van der Waals surface area contributed by atoms with Crippen molar-refractivity contribution in [2.45, 2.75) is 50.7 Å². The van der Waals surface area contributed by atoms with Crippen LogP contribution in [0.2, 0.25) is 10.0 Å². The molecular formula is C31H30Cl2FN5O4. The van der Waals surface area contributed by atoms with Gasteiger partial charge < -0.3 is 20.9 Å². The number of pyridine rings is 1. The number of ether oxygens (including phenoxy) is 1. The zero-order valence-electron chi connectivity index (χ0n) is 23.4. The molecule has 43 heavy (non-hydrogen) atoms. The van der Waals surface area contributed by atoms with E-state index in [1.165, 1.54) is 12.1 Å². The molecule has 2 aliphatic carbocycles. The van der Waals surface area contributed by atoms with E-state index in [1.54, 1.807) is 31.2 Å². The van der Waals surface area contributed by atoms with Crippen LogP contribution in [0.5, 0.6) is 5.75 Å². The van der Waals surface area contributed by atoms with Crippen molar-refractivity contribution in [1.82, 2.24) is 20.1 Å². The van der Waals surface area contributed by atoms with E-state index < -0.39 is 23.2 Å². The first-order chi connectivity index (χ1) is 20.6. The van der Waals surface area contributed by atoms with Crippen molar-refractivity contribution in [1.29, 1.82) is 0 Å². The topological polar surface area (TPSA) is 132 Å². The van der Waals surface area contributed by atoms with Crippen LogP contribution in [0, 0.1) is 11.7 Å². The third-order valence-electron chi connectivity index (χ3n) is 7.89. The van der Waals surface area contributed by atoms with Gasteiger partial charge in [0.2, 0.25) is 5.91 Å². The fourth-order valence-electron chi connectivity index (χ4n) is 5.39. The molecule has 2 heterocycles. The van der Waals surface area contributed by atoms with E-state index in [2.05, 4.69) is 10.4 Å². The minimum absolute atomic E-state index is 0.162. The van der Waals surface area contributed by atoms with Gasteiger partial charge in [-0.2, -0.15) is 5.10 Å². The van der Waals surface area contributed by atoms with Gasteiger partial charge >= 0.3 is 0 Å². The van der Waals surface area contributed by atoms with Gasteiger partial charge in [-0.15, -0.1) is 0 Å². The number of benzene rings is 2. The first-order valence-electron chi connectivity index (χ1n) is 14.2. The zero-order valence-corrected chi connectivity index (χ0v) is 24.9. The summed E-state index contributed by atoms with van der Waals surface area (Å²) in [6, 6.07) is 9.49. The number of carbonyl (C=O) groups excluding carboxylic acids is 2. The van der Waals surface area contributed by atoms with E-state index >= 15 is 0 Å². The number of carbonyl (C=O) groups is 2. The van der Waals surface area contributed by atoms with Gasteiger partial charge in [0.05, 0.1) is 41.4 Å². The summed E-state index contributed by atoms with van der Waals surface area (Å²) < 4.78 is 22.3. The molecule has 2 aromatic heterocycles. The molecule has 2 aliphatic rings. The Morgan fingerprint density at radius 3 is 2.65 bits per heavy atom. The number of primary amides is 1. The highest BCUT2D eigenvalue weighted by atomic mass is 35.5. The standard InChI is InChI=1S/C31H30Cl2FN5O4/c1-2-43-29-16(13-25(35)40)12-24(37-28(29)21-4-3-5-23(34)26(21)33)31(42,19-6-7-19)15-36-30(41)17-10-18-14-39(20-8-9-20)38-27(18)22(32)11-17/h3-5,10-12,14,19-20,42H,2,6-9,13,15H2,1H3,(H2,35,40)(H,36,41)/t31-/m1/s1. The first-order valence-corrected chi connectivity index (χ1v) is 14.9. The highest BCUT2D eigenvalue weighted by molar-refractivity contribution is 6.35. The summed E-state index contributed by atoms with van der Waals surface area (Å²) >= 11 is 12.8. The summed E-state index contributed by atoms with van der Waals surface area (Å²) in [6.45, 7) is 1.80. The SMILES string of the molecule is CCOc1c(CC(N)=O)cc([C@@](O)(CNC(=O)c2cc(Cl)c3nn(C4CC4)cc3c2)C2CC2)nc1-c1cccc(F)c1Cl. The molecule has 0 saturated heterocycles. The Hall–Kier alpha value is -3.73. The van der Waals surface area contributed by atoms with Crippen molar-refractivity contribution in [3.63, 3.8) is 0 Å². The molecule has 2 amide bonds. The largest absolute Gasteiger partial charge is 0.491 e. The minimum atomic E-state index is -1.62. The average molecular weight is 627 g/mol. The number of aliphatic hydroxyl groups is 1. The number of hydrogen-bond acceptors (Lipinski definition) is 6. The number of nitrogens with one attached hydrogen (secondary N) is 1. The first kappa shape index (κ1) is 29.3. The third-order valence-corrected chi connectivity index (χ3v) is 8.56. The van der Waals surface area contributed by atoms with Gasteiger partial charge in [0.1, 0.15) is 28.4 Å². The van der Waals surface area contributed by atoms with Crippen LogP contribution in [0.4, 0.5) is 4.39 Å². The lowest BCUT2D eigenvalue weighted by Crippen LogP contribution is -2.43. The van der Waals surface area contributed by atoms with E-state index in [1.807, 2.05) is 10.9 Å². The van der Waals surface area contributed by atoms with Crippen LogP contribution in [0.15, 0.2) is 42.6 Å². The monoisotopic (exact) mass is 625 g/mol. The molecule has 12 heteroatoms. The highest BCUT2D eigenvalue weighted by Gasteiger charge is 2.47. The van der Waals surface area contributed by atoms with Crippen LogP contribution >= 0.6 is 23.2 Å². The molecule has 0 spiro atoms. The molecule has 0 radical (unpaired) electrons. The normalized spacial score (nSPS) is 16.2. The zero-order chi connectivity index (χ0) is 30.5. The molecular weight excluding hydrogens is 596 g/mol. The number of fused-ring (bicyclic) bond motifs is 1. The van der Waals surface area contributed by atoms with Crippen LogP contribution < -0.4 is 15.8 Å². The summed E-state index contributed by atoms with van der Waals surface area (Å²) in [6.07, 6.45) is 5.19. The van der Waals surface area contributed by atoms with Crippen molar-refractivity contribution in [3.05, 3.63) is 75.3 Å². The Balaban J connectivity index is 1.37. The van der Waals surface area contributed by atoms with Crippen molar-refractivity contribution in [2.75, 3.05) is 13.2 Å². The summed E-state index contributed by atoms with van der Waals surface area (Å²) in [7, 11) is 0. The molecule has 0 bridgehead atoms. The maximum Gasteiger partial charge on any atom is 0.251 e. The van der Waals surface area contributed by atoms with Crippen molar-refractivity contribution in [3.8, 4) is 17.0 Å². The van der Waals surface area contributed by atoms with E-state index in [4.69, 9.17) is 38.7 Å². The van der Waals surface area contributed by atoms with Crippen LogP contribution in [0.1, 0.15) is 60.3 Å². The Morgan fingerprint density at radius 2 is 1.98 bits per heavy atom. The lowest BCUT2D eigenvalue weighted by atomic mass is 9.90. The Morgan fingerprint density at radius 1 is 1.21 bits per heavy atom. The summed E-state index contributed by atoms with van der Waals surface area (Å²) in [5.41, 5.74) is 5.84. The molecule has 2 fully saturated rings. The van der Waals surface area contributed by atoms with Gasteiger partial charge in [0, 0.05) is 28.3 Å². The Labute approximate surface area is 257 Å². The highest BCUT2D eigenvalue weighted by Crippen LogP contribution is 2.47. The lowest BCUT2D eigenvalue weighted by Gasteiger charge is -2.30. The maximum absolute atomic E-state index is 14.5. The van der Waals surface area contributed by atoms with Crippen LogP contribution in [0.25, 0.3) is 22.2 Å². The number of halogens is 3. The van der Waals surface area contributed by atoms with Crippen LogP contribution in [0.3, 0.4) is 0 Å². The van der Waals surface area contributed by atoms with Crippen molar-refractivity contribution < 1.29 is 23.8 Å². The second-order valence-corrected chi connectivity index (χ2v) is 11.9. The van der Waals surface area contributed by atoms with Crippen LogP contribution in [-0.2, 0) is 16.8 Å². The minimum Gasteiger partial charge on any atom is -0.491 e. The molecule has 4 aromatic rings. The molecule has 9 nitrogen and oxygen atoms in total. The number of hydrogen-bond donors (Lipinski definition) is 3. The van der Waals surface area contributed by atoms with Crippen molar-refractivity contribution >= 4 is 45.9 Å². The van der Waals surface area contributed by atoms with E-state index in [9.17, 15) is 19.1 Å². The Kier molecular flexibility index (Phi) is 7.78. The van der Waals surface area contributed by atoms with Gasteiger partial charge in [-0.3, -0.25) is 14.3 Å². The fraction of sp³-hybridized carbons (Fsp3) is 0.355. The number of nitrogens with two attached hydrogens (primary N) is 1. The number of aromatic nitrogens is 3. The van der Waals surface area contributed by atoms with E-state index in [-0.39, 0.29) is 53.2 Å². The predicted molar refractivity (Wildman–Crippen MR) is 161 cm³/mol. The molecule has 2 aromatic carbocycles. The second kappa shape index (κ2) is 11.4. The van der Waals surface area contributed by atoms with E-state index in [0.29, 0.717) is 40.5 Å². The maximum atomic E-state index is 14.5. The smallest absolute Gasteiger partial charge is 0.251 e. The average Bonchev–Trinajstić information content (AvgIpc) is 3.91. The molecule has 224 valence electrons. The third kappa shape index (κ3) is 5.79. The molecule has 6 rings (SSSR count). The molecule has 0 unspecified atom stereocenters. The fourth-order valence-corrected chi connectivity index (χ4v) is 5.87. The van der Waals surface area contributed by atoms with Gasteiger partial charge in [-0.1, -0.05) is 35.3 Å². The predicted octanol–water partition coefficient (Wildman–Crippen LogP) is 5.33. The molecule has 2 saturated carbocycles. The second-order valence-electron chi connectivity index (χ2n) is 11.1. The van der Waals surface area contributed by atoms with Gasteiger partial charge in [-0.05, 0) is 62.8 Å². The quantitative estimate of drug-likeness (QED) is 0.206. The summed E-state index contributed by atoms with van der Waals surface area (Å²) in [4.78, 5) is 30.2. The molecule has 4 N–H and O–H groups in total. The van der Waals surface area contributed by atoms with Gasteiger partial charge in [0.15, 0.2) is 0 Å². The van der Waals surface area contributed by atoms with Gasteiger partial charge in [-0.25, -0.2) is 9.37 Å². The van der Waals surface area contributed by atoms with E-state index in [0.717, 1.165) is 18.2 Å². The van der Waals surface area contributed by atoms with Crippen molar-refractivity contribution in [2.24, 2.45) is 11.7 Å².